The minimum Gasteiger partial charge on any atom is -0.395 e. The standard InChI is InChI=1S/C16H25ClN2O/c1-3-18-12(2)15-8-7-14(11-16(15)17)19(9-10-20)13-5-4-6-13/h7-8,11-13,18,20H,3-6,9-10H2,1-2H3. The number of nitrogens with zero attached hydrogens (tertiary/aromatic N) is 1. The maximum Gasteiger partial charge on any atom is 0.0606 e. The molecule has 1 saturated carbocycles. The van der Waals surface area contributed by atoms with Crippen LogP contribution in [0.15, 0.2) is 18.2 Å². The fourth-order valence-corrected chi connectivity index (χ4v) is 3.13. The van der Waals surface area contributed by atoms with E-state index >= 15 is 0 Å². The van der Waals surface area contributed by atoms with E-state index in [1.165, 1.54) is 19.3 Å². The number of rotatable bonds is 7. The fourth-order valence-electron chi connectivity index (χ4n) is 2.79. The molecule has 2 N–H and O–H groups in total. The van der Waals surface area contributed by atoms with Crippen LogP contribution in [0.25, 0.3) is 0 Å². The fraction of sp³-hybridized carbons (Fsp3) is 0.625. The van der Waals surface area contributed by atoms with Crippen LogP contribution in [-0.2, 0) is 0 Å². The average molecular weight is 297 g/mol. The summed E-state index contributed by atoms with van der Waals surface area (Å²) in [6.45, 7) is 6.02. The molecule has 1 aromatic carbocycles. The van der Waals surface area contributed by atoms with Gasteiger partial charge in [0.1, 0.15) is 0 Å². The van der Waals surface area contributed by atoms with Crippen LogP contribution in [-0.4, -0.2) is 30.8 Å². The lowest BCUT2D eigenvalue weighted by Crippen LogP contribution is -2.42. The summed E-state index contributed by atoms with van der Waals surface area (Å²) >= 11 is 6.44. The lowest BCUT2D eigenvalue weighted by molar-refractivity contribution is 0.283. The maximum atomic E-state index is 9.26. The van der Waals surface area contributed by atoms with Crippen LogP contribution in [0, 0.1) is 0 Å². The SMILES string of the molecule is CCNC(C)c1ccc(N(CCO)C2CCC2)cc1Cl. The molecule has 0 amide bonds. The molecule has 1 unspecified atom stereocenters. The molecule has 0 saturated heterocycles. The number of hydrogen-bond acceptors (Lipinski definition) is 3. The van der Waals surface area contributed by atoms with Gasteiger partial charge in [-0.25, -0.2) is 0 Å². The first-order valence-corrected chi connectivity index (χ1v) is 7.95. The van der Waals surface area contributed by atoms with E-state index in [1.807, 2.05) is 6.07 Å². The van der Waals surface area contributed by atoms with Crippen LogP contribution >= 0.6 is 11.6 Å². The Morgan fingerprint density at radius 1 is 1.45 bits per heavy atom. The molecule has 0 aliphatic heterocycles. The van der Waals surface area contributed by atoms with Gasteiger partial charge in [-0.1, -0.05) is 24.6 Å². The topological polar surface area (TPSA) is 35.5 Å². The molecular weight excluding hydrogens is 272 g/mol. The molecule has 1 aromatic rings. The first kappa shape index (κ1) is 15.6. The zero-order chi connectivity index (χ0) is 14.5. The predicted molar refractivity (Wildman–Crippen MR) is 85.6 cm³/mol. The van der Waals surface area contributed by atoms with Crippen LogP contribution in [0.4, 0.5) is 5.69 Å². The van der Waals surface area contributed by atoms with Gasteiger partial charge in [0, 0.05) is 29.3 Å². The number of hydrogen-bond donors (Lipinski definition) is 2. The Morgan fingerprint density at radius 3 is 2.70 bits per heavy atom. The summed E-state index contributed by atoms with van der Waals surface area (Å²) in [5.74, 6) is 0. The number of benzene rings is 1. The van der Waals surface area contributed by atoms with Crippen LogP contribution in [0.3, 0.4) is 0 Å². The van der Waals surface area contributed by atoms with Gasteiger partial charge < -0.3 is 15.3 Å². The summed E-state index contributed by atoms with van der Waals surface area (Å²) in [5.41, 5.74) is 2.26. The highest BCUT2D eigenvalue weighted by atomic mass is 35.5. The van der Waals surface area contributed by atoms with Crippen molar-refractivity contribution >= 4 is 17.3 Å². The second-order valence-electron chi connectivity index (χ2n) is 5.49. The number of aliphatic hydroxyl groups is 1. The number of anilines is 1. The van der Waals surface area contributed by atoms with E-state index < -0.39 is 0 Å². The van der Waals surface area contributed by atoms with Gasteiger partial charge >= 0.3 is 0 Å². The van der Waals surface area contributed by atoms with Crippen molar-refractivity contribution in [1.29, 1.82) is 0 Å². The summed E-state index contributed by atoms with van der Waals surface area (Å²) in [5, 5.41) is 13.5. The Morgan fingerprint density at radius 2 is 2.20 bits per heavy atom. The third-order valence-electron chi connectivity index (χ3n) is 4.15. The van der Waals surface area contributed by atoms with Crippen molar-refractivity contribution in [3.05, 3.63) is 28.8 Å². The molecule has 20 heavy (non-hydrogen) atoms. The van der Waals surface area contributed by atoms with Crippen molar-refractivity contribution in [1.82, 2.24) is 5.32 Å². The van der Waals surface area contributed by atoms with Crippen LogP contribution < -0.4 is 10.2 Å². The molecule has 1 fully saturated rings. The van der Waals surface area contributed by atoms with Crippen LogP contribution in [0.1, 0.15) is 44.7 Å². The smallest absolute Gasteiger partial charge is 0.0606 e. The van der Waals surface area contributed by atoms with E-state index in [0.29, 0.717) is 12.6 Å². The predicted octanol–water partition coefficient (Wildman–Crippen LogP) is 3.36. The van der Waals surface area contributed by atoms with E-state index in [9.17, 15) is 5.11 Å². The molecule has 1 atom stereocenters. The molecule has 0 spiro atoms. The summed E-state index contributed by atoms with van der Waals surface area (Å²) in [6.07, 6.45) is 3.72. The molecule has 0 bridgehead atoms. The van der Waals surface area contributed by atoms with Crippen LogP contribution in [0.2, 0.25) is 5.02 Å². The molecular formula is C16H25ClN2O. The van der Waals surface area contributed by atoms with Crippen molar-refractivity contribution in [3.63, 3.8) is 0 Å². The van der Waals surface area contributed by atoms with Gasteiger partial charge in [-0.15, -0.1) is 0 Å². The number of nitrogens with one attached hydrogen (secondary N) is 1. The second-order valence-corrected chi connectivity index (χ2v) is 5.89. The highest BCUT2D eigenvalue weighted by Crippen LogP contribution is 2.33. The molecule has 1 aliphatic rings. The van der Waals surface area contributed by atoms with E-state index in [0.717, 1.165) is 22.8 Å². The highest BCUT2D eigenvalue weighted by molar-refractivity contribution is 6.31. The van der Waals surface area contributed by atoms with Crippen molar-refractivity contribution < 1.29 is 5.11 Å². The third-order valence-corrected chi connectivity index (χ3v) is 4.48. The maximum absolute atomic E-state index is 9.26. The number of halogens is 1. The molecule has 3 nitrogen and oxygen atoms in total. The Kier molecular flexibility index (Phi) is 5.70. The minimum absolute atomic E-state index is 0.184. The van der Waals surface area contributed by atoms with Gasteiger partial charge in [0.2, 0.25) is 0 Å². The van der Waals surface area contributed by atoms with Crippen molar-refractivity contribution in [3.8, 4) is 0 Å². The first-order valence-electron chi connectivity index (χ1n) is 7.57. The summed E-state index contributed by atoms with van der Waals surface area (Å²) in [4.78, 5) is 2.29. The van der Waals surface area contributed by atoms with Crippen molar-refractivity contribution in [2.45, 2.75) is 45.2 Å². The van der Waals surface area contributed by atoms with Gasteiger partial charge in [-0.3, -0.25) is 0 Å². The van der Waals surface area contributed by atoms with Gasteiger partial charge in [-0.2, -0.15) is 0 Å². The quantitative estimate of drug-likeness (QED) is 0.810. The Labute approximate surface area is 126 Å². The van der Waals surface area contributed by atoms with Gasteiger partial charge in [0.25, 0.3) is 0 Å². The van der Waals surface area contributed by atoms with E-state index in [-0.39, 0.29) is 12.6 Å². The minimum atomic E-state index is 0.184. The largest absolute Gasteiger partial charge is 0.395 e. The van der Waals surface area contributed by atoms with E-state index in [2.05, 4.69) is 36.2 Å². The lowest BCUT2D eigenvalue weighted by Gasteiger charge is -2.39. The molecule has 0 aromatic heterocycles. The van der Waals surface area contributed by atoms with Crippen LogP contribution in [0.5, 0.6) is 0 Å². The Balaban J connectivity index is 2.17. The van der Waals surface area contributed by atoms with Crippen molar-refractivity contribution in [2.24, 2.45) is 0 Å². The molecule has 0 heterocycles. The Bertz CT molecular complexity index is 434. The van der Waals surface area contributed by atoms with Gasteiger partial charge in [-0.05, 0) is 50.4 Å². The molecule has 4 heteroatoms. The Hall–Kier alpha value is -0.770. The monoisotopic (exact) mass is 296 g/mol. The average Bonchev–Trinajstić information content (AvgIpc) is 2.36. The highest BCUT2D eigenvalue weighted by Gasteiger charge is 2.25. The van der Waals surface area contributed by atoms with Gasteiger partial charge in [0.15, 0.2) is 0 Å². The molecule has 112 valence electrons. The third kappa shape index (κ3) is 3.46. The summed E-state index contributed by atoms with van der Waals surface area (Å²) in [7, 11) is 0. The number of aliphatic hydroxyl groups excluding tert-OH is 1. The second kappa shape index (κ2) is 7.30. The molecule has 0 radical (unpaired) electrons. The lowest BCUT2D eigenvalue weighted by atomic mass is 9.91. The normalized spacial score (nSPS) is 16.8. The zero-order valence-electron chi connectivity index (χ0n) is 12.4. The molecule has 1 aliphatic carbocycles. The van der Waals surface area contributed by atoms with Gasteiger partial charge in [0.05, 0.1) is 6.61 Å². The van der Waals surface area contributed by atoms with E-state index in [1.54, 1.807) is 0 Å². The van der Waals surface area contributed by atoms with Crippen molar-refractivity contribution in [2.75, 3.05) is 24.6 Å². The zero-order valence-corrected chi connectivity index (χ0v) is 13.2. The summed E-state index contributed by atoms with van der Waals surface area (Å²) in [6, 6.07) is 7.10. The first-order chi connectivity index (χ1) is 9.67. The van der Waals surface area contributed by atoms with E-state index in [4.69, 9.17) is 11.6 Å². The molecule has 2 rings (SSSR count). The summed E-state index contributed by atoms with van der Waals surface area (Å²) < 4.78 is 0.